The van der Waals surface area contributed by atoms with Crippen molar-refractivity contribution < 1.29 is 18.0 Å². The summed E-state index contributed by atoms with van der Waals surface area (Å²) in [5, 5.41) is 13.2. The first-order chi connectivity index (χ1) is 18.3. The molecule has 6 rings (SSSR count). The lowest BCUT2D eigenvalue weighted by Gasteiger charge is -2.11. The van der Waals surface area contributed by atoms with Crippen molar-refractivity contribution >= 4 is 23.0 Å². The lowest BCUT2D eigenvalue weighted by atomic mass is 9.95. The Labute approximate surface area is 215 Å². The number of nitrogens with zero attached hydrogens (tertiary/aromatic N) is 2. The predicted molar refractivity (Wildman–Crippen MR) is 138 cm³/mol. The molecule has 0 radical (unpaired) electrons. The van der Waals surface area contributed by atoms with E-state index in [0.29, 0.717) is 17.8 Å². The van der Waals surface area contributed by atoms with E-state index < -0.39 is 11.7 Å². The molecule has 1 aliphatic heterocycles. The average molecular weight is 515 g/mol. The van der Waals surface area contributed by atoms with Crippen molar-refractivity contribution in [3.63, 3.8) is 0 Å². The van der Waals surface area contributed by atoms with Gasteiger partial charge in [-0.3, -0.25) is 9.89 Å². The normalized spacial score (nSPS) is 14.8. The molecule has 1 aliphatic rings. The number of benzene rings is 3. The van der Waals surface area contributed by atoms with E-state index in [0.717, 1.165) is 40.5 Å². The summed E-state index contributed by atoms with van der Waals surface area (Å²) in [6.07, 6.45) is -2.01. The van der Waals surface area contributed by atoms with E-state index in [9.17, 15) is 18.0 Å². The van der Waals surface area contributed by atoms with Crippen molar-refractivity contribution in [1.82, 2.24) is 20.2 Å². The number of rotatable bonds is 6. The maximum atomic E-state index is 13.1. The summed E-state index contributed by atoms with van der Waals surface area (Å²) in [7, 11) is 0. The largest absolute Gasteiger partial charge is 0.416 e. The predicted octanol–water partition coefficient (Wildman–Crippen LogP) is 6.51. The molecule has 0 saturated heterocycles. The van der Waals surface area contributed by atoms with Gasteiger partial charge in [-0.1, -0.05) is 30.3 Å². The van der Waals surface area contributed by atoms with Gasteiger partial charge in [0.2, 0.25) is 5.91 Å². The molecule has 3 aromatic carbocycles. The second-order valence-corrected chi connectivity index (χ2v) is 9.04. The second kappa shape index (κ2) is 9.22. The van der Waals surface area contributed by atoms with Gasteiger partial charge in [-0.25, -0.2) is 4.98 Å². The molecule has 5 aromatic rings. The number of fused-ring (bicyclic) bond motifs is 1. The van der Waals surface area contributed by atoms with Crippen LogP contribution >= 0.6 is 0 Å². The van der Waals surface area contributed by atoms with Crippen LogP contribution in [0.5, 0.6) is 0 Å². The van der Waals surface area contributed by atoms with E-state index in [2.05, 4.69) is 30.8 Å². The minimum absolute atomic E-state index is 0.0318. The zero-order valence-electron chi connectivity index (χ0n) is 19.8. The summed E-state index contributed by atoms with van der Waals surface area (Å²) in [5.41, 5.74) is 4.51. The fourth-order valence-corrected chi connectivity index (χ4v) is 4.59. The Kier molecular flexibility index (Phi) is 5.71. The van der Waals surface area contributed by atoms with Gasteiger partial charge in [-0.15, -0.1) is 0 Å². The average Bonchev–Trinajstić information content (AvgIpc) is 3.65. The summed E-state index contributed by atoms with van der Waals surface area (Å²) in [6.45, 7) is 0. The van der Waals surface area contributed by atoms with Gasteiger partial charge >= 0.3 is 6.18 Å². The maximum absolute atomic E-state index is 13.1. The number of halogens is 3. The van der Waals surface area contributed by atoms with Gasteiger partial charge in [0.05, 0.1) is 11.5 Å². The first-order valence-corrected chi connectivity index (χ1v) is 11.9. The topological polar surface area (TPSA) is 98.5 Å². The monoisotopic (exact) mass is 514 g/mol. The lowest BCUT2D eigenvalue weighted by Crippen LogP contribution is -2.14. The van der Waals surface area contributed by atoms with Crippen LogP contribution < -0.4 is 10.6 Å². The first kappa shape index (κ1) is 23.5. The zero-order valence-corrected chi connectivity index (χ0v) is 19.8. The molecule has 1 amide bonds. The van der Waals surface area contributed by atoms with Crippen LogP contribution in [-0.2, 0) is 17.4 Å². The van der Waals surface area contributed by atoms with E-state index in [1.165, 1.54) is 12.1 Å². The molecule has 0 spiro atoms. The summed E-state index contributed by atoms with van der Waals surface area (Å²) < 4.78 is 39.3. The lowest BCUT2D eigenvalue weighted by molar-refractivity contribution is -0.137. The molecule has 38 heavy (non-hydrogen) atoms. The minimum atomic E-state index is -4.45. The van der Waals surface area contributed by atoms with Crippen LogP contribution in [0.25, 0.3) is 22.8 Å². The van der Waals surface area contributed by atoms with E-state index in [4.69, 9.17) is 0 Å². The molecular weight excluding hydrogens is 493 g/mol. The van der Waals surface area contributed by atoms with Crippen molar-refractivity contribution in [2.75, 3.05) is 10.6 Å². The highest BCUT2D eigenvalue weighted by molar-refractivity contribution is 6.03. The Balaban J connectivity index is 1.20. The Morgan fingerprint density at radius 3 is 2.53 bits per heavy atom. The number of anilines is 3. The third-order valence-corrected chi connectivity index (χ3v) is 6.45. The van der Waals surface area contributed by atoms with Crippen molar-refractivity contribution in [2.45, 2.75) is 18.5 Å². The van der Waals surface area contributed by atoms with Gasteiger partial charge in [0.25, 0.3) is 0 Å². The van der Waals surface area contributed by atoms with Crippen LogP contribution in [0.3, 0.4) is 0 Å². The Hall–Kier alpha value is -4.86. The van der Waals surface area contributed by atoms with Crippen LogP contribution in [-0.4, -0.2) is 26.1 Å². The van der Waals surface area contributed by atoms with Crippen molar-refractivity contribution in [2.24, 2.45) is 0 Å². The number of aromatic amines is 2. The number of alkyl halides is 3. The smallest absolute Gasteiger partial charge is 0.365 e. The molecule has 4 N–H and O–H groups in total. The minimum Gasteiger partial charge on any atom is -0.365 e. The van der Waals surface area contributed by atoms with E-state index in [1.54, 1.807) is 0 Å². The van der Waals surface area contributed by atoms with Crippen molar-refractivity contribution in [3.8, 4) is 22.8 Å². The summed E-state index contributed by atoms with van der Waals surface area (Å²) in [4.78, 5) is 20.1. The van der Waals surface area contributed by atoms with Gasteiger partial charge < -0.3 is 15.6 Å². The molecular formula is C28H21F3N6O. The summed E-state index contributed by atoms with van der Waals surface area (Å²) >= 11 is 0. The number of hydrogen-bond donors (Lipinski definition) is 4. The highest BCUT2D eigenvalue weighted by atomic mass is 19.4. The molecule has 0 bridgehead atoms. The van der Waals surface area contributed by atoms with Crippen LogP contribution in [0.4, 0.5) is 30.2 Å². The highest BCUT2D eigenvalue weighted by Gasteiger charge is 2.31. The molecule has 1 atom stereocenters. The number of aromatic nitrogens is 4. The number of hydrogen-bond acceptors (Lipinski definition) is 4. The number of amides is 1. The zero-order chi connectivity index (χ0) is 26.3. The van der Waals surface area contributed by atoms with Crippen LogP contribution in [0.1, 0.15) is 22.7 Å². The molecule has 7 nitrogen and oxygen atoms in total. The van der Waals surface area contributed by atoms with Crippen LogP contribution in [0.2, 0.25) is 0 Å². The van der Waals surface area contributed by atoms with E-state index in [1.807, 2.05) is 60.8 Å². The standard InChI is InChI=1S/C28H21F3N6O/c29-28(30,31)18-6-1-4-16(12-18)25-35-26(37-36-25)17-5-2-7-20(13-17)33-21-9-10-22-23(14-19-8-3-11-32-19)27(38)34-24(22)15-21/h1-13,15,23,32-33H,14H2,(H,34,38)(H,35,36,37). The van der Waals surface area contributed by atoms with Gasteiger partial charge in [0.1, 0.15) is 0 Å². The quantitative estimate of drug-likeness (QED) is 0.208. The van der Waals surface area contributed by atoms with Crippen LogP contribution in [0.15, 0.2) is 85.1 Å². The Morgan fingerprint density at radius 1 is 0.895 bits per heavy atom. The van der Waals surface area contributed by atoms with Crippen molar-refractivity contribution in [1.29, 1.82) is 0 Å². The molecule has 10 heteroatoms. The summed E-state index contributed by atoms with van der Waals surface area (Å²) in [6, 6.07) is 22.0. The molecule has 0 saturated carbocycles. The number of carbonyl (C=O) groups excluding carboxylic acids is 1. The Bertz CT molecular complexity index is 1620. The van der Waals surface area contributed by atoms with Crippen LogP contribution in [0, 0.1) is 0 Å². The molecule has 3 heterocycles. The number of H-pyrrole nitrogens is 2. The summed E-state index contributed by atoms with van der Waals surface area (Å²) in [5.74, 6) is 0.316. The Morgan fingerprint density at radius 2 is 1.71 bits per heavy atom. The van der Waals surface area contributed by atoms with Gasteiger partial charge in [-0.2, -0.15) is 18.3 Å². The van der Waals surface area contributed by atoms with Gasteiger partial charge in [0, 0.05) is 46.5 Å². The van der Waals surface area contributed by atoms with E-state index in [-0.39, 0.29) is 23.2 Å². The van der Waals surface area contributed by atoms with E-state index >= 15 is 0 Å². The second-order valence-electron chi connectivity index (χ2n) is 9.04. The van der Waals surface area contributed by atoms with Gasteiger partial charge in [0.15, 0.2) is 11.6 Å². The number of nitrogens with one attached hydrogen (secondary N) is 4. The first-order valence-electron chi connectivity index (χ1n) is 11.9. The SMILES string of the molecule is O=C1Nc2cc(Nc3cccc(-c4nc(-c5cccc(C(F)(F)F)c5)n[nH]4)c3)ccc2C1Cc1ccc[nH]1. The number of carbonyl (C=O) groups is 1. The molecule has 2 aromatic heterocycles. The molecule has 190 valence electrons. The molecule has 0 fully saturated rings. The third kappa shape index (κ3) is 4.63. The molecule has 1 unspecified atom stereocenters. The third-order valence-electron chi connectivity index (χ3n) is 6.45. The molecule has 0 aliphatic carbocycles. The maximum Gasteiger partial charge on any atom is 0.416 e. The highest BCUT2D eigenvalue weighted by Crippen LogP contribution is 2.37. The van der Waals surface area contributed by atoms with Crippen molar-refractivity contribution in [3.05, 3.63) is 102 Å². The fraction of sp³-hybridized carbons (Fsp3) is 0.107. The fourth-order valence-electron chi connectivity index (χ4n) is 4.59. The van der Waals surface area contributed by atoms with Gasteiger partial charge in [-0.05, 0) is 54.1 Å².